The number of phenolic OH excluding ortho intramolecular Hbond substituents is 1. The molecule has 1 saturated heterocycles. The molecule has 1 aliphatic rings. The fourth-order valence-corrected chi connectivity index (χ4v) is 2.80. The van der Waals surface area contributed by atoms with Crippen LogP contribution in [0.15, 0.2) is 48.5 Å². The molecule has 0 spiro atoms. The van der Waals surface area contributed by atoms with Gasteiger partial charge in [-0.2, -0.15) is 0 Å². The van der Waals surface area contributed by atoms with Gasteiger partial charge >= 0.3 is 0 Å². The molecule has 0 aromatic heterocycles. The number of halogens is 1. The summed E-state index contributed by atoms with van der Waals surface area (Å²) in [7, 11) is 0. The van der Waals surface area contributed by atoms with E-state index in [1.807, 2.05) is 18.2 Å². The number of hydrogen-bond acceptors (Lipinski definition) is 2. The largest absolute Gasteiger partial charge is 0.507 e. The van der Waals surface area contributed by atoms with E-state index < -0.39 is 5.82 Å². The molecule has 0 radical (unpaired) electrons. The van der Waals surface area contributed by atoms with Crippen LogP contribution in [-0.4, -0.2) is 29.0 Å². The van der Waals surface area contributed by atoms with Crippen LogP contribution in [0.25, 0.3) is 0 Å². The fraction of sp³-hybridized carbons (Fsp3) is 0.235. The van der Waals surface area contributed by atoms with Crippen LogP contribution in [0.5, 0.6) is 5.75 Å². The van der Waals surface area contributed by atoms with Crippen LogP contribution >= 0.6 is 0 Å². The number of rotatable bonds is 2. The lowest BCUT2D eigenvalue weighted by Crippen LogP contribution is -2.28. The van der Waals surface area contributed by atoms with Crippen molar-refractivity contribution in [2.24, 2.45) is 0 Å². The summed E-state index contributed by atoms with van der Waals surface area (Å²) < 4.78 is 13.0. The first-order valence-corrected chi connectivity index (χ1v) is 6.98. The summed E-state index contributed by atoms with van der Waals surface area (Å²) >= 11 is 0. The SMILES string of the molecule is O=C(c1ccc(F)cc1O)N1CCC(c2ccccc2)C1. The second-order valence-corrected chi connectivity index (χ2v) is 5.31. The molecule has 2 aromatic rings. The van der Waals surface area contributed by atoms with E-state index in [4.69, 9.17) is 0 Å². The summed E-state index contributed by atoms with van der Waals surface area (Å²) in [6, 6.07) is 13.6. The van der Waals surface area contributed by atoms with Gasteiger partial charge in [0.05, 0.1) is 5.56 Å². The molecular formula is C17H16FNO2. The average Bonchev–Trinajstić information content (AvgIpc) is 2.97. The van der Waals surface area contributed by atoms with Crippen LogP contribution in [-0.2, 0) is 0 Å². The first-order chi connectivity index (χ1) is 10.1. The molecule has 3 nitrogen and oxygen atoms in total. The van der Waals surface area contributed by atoms with Gasteiger partial charge in [0.2, 0.25) is 0 Å². The van der Waals surface area contributed by atoms with Crippen molar-refractivity contribution in [1.82, 2.24) is 4.90 Å². The molecule has 1 N–H and O–H groups in total. The first-order valence-electron chi connectivity index (χ1n) is 6.98. The molecule has 1 amide bonds. The summed E-state index contributed by atoms with van der Waals surface area (Å²) in [6.45, 7) is 1.27. The summed E-state index contributed by atoms with van der Waals surface area (Å²) in [5.41, 5.74) is 1.38. The smallest absolute Gasteiger partial charge is 0.257 e. The lowest BCUT2D eigenvalue weighted by Gasteiger charge is -2.17. The fourth-order valence-electron chi connectivity index (χ4n) is 2.80. The van der Waals surface area contributed by atoms with Gasteiger partial charge in [0.25, 0.3) is 5.91 Å². The van der Waals surface area contributed by atoms with Crippen molar-refractivity contribution in [3.63, 3.8) is 0 Å². The molecule has 3 rings (SSSR count). The van der Waals surface area contributed by atoms with Crippen molar-refractivity contribution in [2.45, 2.75) is 12.3 Å². The minimum Gasteiger partial charge on any atom is -0.507 e. The van der Waals surface area contributed by atoms with E-state index >= 15 is 0 Å². The van der Waals surface area contributed by atoms with Crippen LogP contribution in [0.4, 0.5) is 4.39 Å². The number of amides is 1. The molecule has 1 fully saturated rings. The molecule has 1 heterocycles. The van der Waals surface area contributed by atoms with Crippen LogP contribution in [0.2, 0.25) is 0 Å². The molecule has 2 aromatic carbocycles. The minimum absolute atomic E-state index is 0.158. The van der Waals surface area contributed by atoms with Gasteiger partial charge in [0, 0.05) is 25.1 Å². The van der Waals surface area contributed by atoms with Crippen LogP contribution in [0.3, 0.4) is 0 Å². The zero-order valence-electron chi connectivity index (χ0n) is 11.5. The second-order valence-electron chi connectivity index (χ2n) is 5.31. The predicted octanol–water partition coefficient (Wildman–Crippen LogP) is 3.16. The number of benzene rings is 2. The van der Waals surface area contributed by atoms with E-state index in [0.717, 1.165) is 12.5 Å². The Kier molecular flexibility index (Phi) is 3.60. The maximum atomic E-state index is 13.0. The quantitative estimate of drug-likeness (QED) is 0.920. The monoisotopic (exact) mass is 285 g/mol. The van der Waals surface area contributed by atoms with Gasteiger partial charge in [-0.25, -0.2) is 4.39 Å². The maximum Gasteiger partial charge on any atom is 0.257 e. The van der Waals surface area contributed by atoms with E-state index in [-0.39, 0.29) is 17.2 Å². The third kappa shape index (κ3) is 2.75. The van der Waals surface area contributed by atoms with Crippen molar-refractivity contribution < 1.29 is 14.3 Å². The maximum absolute atomic E-state index is 13.0. The Labute approximate surface area is 122 Å². The zero-order chi connectivity index (χ0) is 14.8. The van der Waals surface area contributed by atoms with Crippen LogP contribution in [0, 0.1) is 5.82 Å². The Bertz CT molecular complexity index is 657. The number of hydrogen-bond donors (Lipinski definition) is 1. The Morgan fingerprint density at radius 1 is 1.19 bits per heavy atom. The number of carbonyl (C=O) groups is 1. The average molecular weight is 285 g/mol. The molecule has 0 saturated carbocycles. The third-order valence-corrected chi connectivity index (χ3v) is 3.94. The van der Waals surface area contributed by atoms with Crippen molar-refractivity contribution in [1.29, 1.82) is 0 Å². The second kappa shape index (κ2) is 5.56. The van der Waals surface area contributed by atoms with Gasteiger partial charge in [-0.05, 0) is 24.1 Å². The van der Waals surface area contributed by atoms with E-state index in [1.165, 1.54) is 17.7 Å². The highest BCUT2D eigenvalue weighted by Gasteiger charge is 2.29. The molecule has 0 aliphatic carbocycles. The number of likely N-dealkylation sites (tertiary alicyclic amines) is 1. The first kappa shape index (κ1) is 13.6. The van der Waals surface area contributed by atoms with E-state index in [0.29, 0.717) is 19.0 Å². The standard InChI is InChI=1S/C17H16FNO2/c18-14-6-7-15(16(20)10-14)17(21)19-9-8-13(11-19)12-4-2-1-3-5-12/h1-7,10,13,20H,8-9,11H2. The summed E-state index contributed by atoms with van der Waals surface area (Å²) in [4.78, 5) is 14.1. The number of carbonyl (C=O) groups excluding carboxylic acids is 1. The molecule has 1 unspecified atom stereocenters. The van der Waals surface area contributed by atoms with E-state index in [2.05, 4.69) is 12.1 Å². The summed E-state index contributed by atoms with van der Waals surface area (Å²) in [5.74, 6) is -0.778. The Morgan fingerprint density at radius 2 is 1.95 bits per heavy atom. The number of nitrogens with zero attached hydrogens (tertiary/aromatic N) is 1. The van der Waals surface area contributed by atoms with Gasteiger partial charge in [-0.3, -0.25) is 4.79 Å². The highest BCUT2D eigenvalue weighted by Crippen LogP contribution is 2.29. The Hall–Kier alpha value is -2.36. The van der Waals surface area contributed by atoms with E-state index in [1.54, 1.807) is 4.90 Å². The van der Waals surface area contributed by atoms with E-state index in [9.17, 15) is 14.3 Å². The third-order valence-electron chi connectivity index (χ3n) is 3.94. The predicted molar refractivity (Wildman–Crippen MR) is 77.8 cm³/mol. The molecule has 21 heavy (non-hydrogen) atoms. The van der Waals surface area contributed by atoms with Crippen LogP contribution in [0.1, 0.15) is 28.3 Å². The van der Waals surface area contributed by atoms with Crippen LogP contribution < -0.4 is 0 Å². The Balaban J connectivity index is 1.75. The topological polar surface area (TPSA) is 40.5 Å². The minimum atomic E-state index is -0.548. The molecule has 4 heteroatoms. The lowest BCUT2D eigenvalue weighted by molar-refractivity contribution is 0.0787. The number of phenols is 1. The lowest BCUT2D eigenvalue weighted by atomic mass is 9.99. The van der Waals surface area contributed by atoms with Gasteiger partial charge in [0.1, 0.15) is 11.6 Å². The van der Waals surface area contributed by atoms with Crippen molar-refractivity contribution in [3.8, 4) is 5.75 Å². The van der Waals surface area contributed by atoms with Crippen molar-refractivity contribution >= 4 is 5.91 Å². The molecular weight excluding hydrogens is 269 g/mol. The Morgan fingerprint density at radius 3 is 2.67 bits per heavy atom. The normalized spacial score (nSPS) is 18.0. The molecule has 1 atom stereocenters. The highest BCUT2D eigenvalue weighted by atomic mass is 19.1. The van der Waals surface area contributed by atoms with Gasteiger partial charge in [-0.1, -0.05) is 30.3 Å². The summed E-state index contributed by atoms with van der Waals surface area (Å²) in [6.07, 6.45) is 0.901. The van der Waals surface area contributed by atoms with Crippen molar-refractivity contribution in [2.75, 3.05) is 13.1 Å². The summed E-state index contributed by atoms with van der Waals surface area (Å²) in [5, 5.41) is 9.72. The van der Waals surface area contributed by atoms with Gasteiger partial charge in [0.15, 0.2) is 0 Å². The van der Waals surface area contributed by atoms with Gasteiger partial charge < -0.3 is 10.0 Å². The number of aromatic hydroxyl groups is 1. The van der Waals surface area contributed by atoms with Gasteiger partial charge in [-0.15, -0.1) is 0 Å². The highest BCUT2D eigenvalue weighted by molar-refractivity contribution is 5.97. The molecule has 0 bridgehead atoms. The van der Waals surface area contributed by atoms with Crippen molar-refractivity contribution in [3.05, 3.63) is 65.5 Å². The molecule has 1 aliphatic heterocycles. The zero-order valence-corrected chi connectivity index (χ0v) is 11.5. The molecule has 108 valence electrons.